The van der Waals surface area contributed by atoms with Crippen LogP contribution in [0.3, 0.4) is 0 Å². The lowest BCUT2D eigenvalue weighted by molar-refractivity contribution is 0.288. The van der Waals surface area contributed by atoms with Crippen molar-refractivity contribution in [2.45, 2.75) is 37.5 Å². The predicted molar refractivity (Wildman–Crippen MR) is 76.5 cm³/mol. The van der Waals surface area contributed by atoms with Gasteiger partial charge in [-0.15, -0.1) is 0 Å². The fourth-order valence-electron chi connectivity index (χ4n) is 2.12. The van der Waals surface area contributed by atoms with E-state index in [1.165, 1.54) is 11.1 Å². The molecule has 0 bridgehead atoms. The second-order valence-corrected chi connectivity index (χ2v) is 7.22. The Kier molecular flexibility index (Phi) is 3.48. The number of rotatable bonds is 1. The van der Waals surface area contributed by atoms with Crippen molar-refractivity contribution in [2.75, 3.05) is 6.61 Å². The van der Waals surface area contributed by atoms with Gasteiger partial charge in [0, 0.05) is 9.49 Å². The minimum absolute atomic E-state index is 0.352. The van der Waals surface area contributed by atoms with Crippen molar-refractivity contribution in [1.82, 2.24) is 0 Å². The summed E-state index contributed by atoms with van der Waals surface area (Å²) in [5, 5.41) is 0. The first-order chi connectivity index (χ1) is 7.46. The van der Waals surface area contributed by atoms with E-state index in [-0.39, 0.29) is 0 Å². The molecule has 2 heteroatoms. The molecule has 1 nitrogen and oxygen atoms in total. The Morgan fingerprint density at radius 2 is 2.12 bits per heavy atom. The molecule has 0 N–H and O–H groups in total. The van der Waals surface area contributed by atoms with Crippen LogP contribution in [-0.4, -0.2) is 6.61 Å². The monoisotopic (exact) mass is 330 g/mol. The molecule has 1 aromatic rings. The molecule has 0 saturated heterocycles. The summed E-state index contributed by atoms with van der Waals surface area (Å²) in [6.07, 6.45) is 2.26. The Labute approximate surface area is 112 Å². The van der Waals surface area contributed by atoms with Gasteiger partial charge in [0.05, 0.1) is 6.61 Å². The molecule has 0 saturated carbocycles. The maximum Gasteiger partial charge on any atom is 0.123 e. The number of hydrogen-bond acceptors (Lipinski definition) is 1. The van der Waals surface area contributed by atoms with Crippen LogP contribution in [0.1, 0.15) is 42.2 Å². The molecule has 0 aliphatic carbocycles. The summed E-state index contributed by atoms with van der Waals surface area (Å²) in [6, 6.07) is 6.68. The van der Waals surface area contributed by atoms with Gasteiger partial charge in [-0.3, -0.25) is 0 Å². The highest BCUT2D eigenvalue weighted by molar-refractivity contribution is 14.1. The highest BCUT2D eigenvalue weighted by Gasteiger charge is 2.20. The molecular formula is C14H19IO. The van der Waals surface area contributed by atoms with Gasteiger partial charge < -0.3 is 4.74 Å². The Morgan fingerprint density at radius 3 is 2.81 bits per heavy atom. The van der Waals surface area contributed by atoms with Gasteiger partial charge in [-0.1, -0.05) is 55.5 Å². The van der Waals surface area contributed by atoms with Gasteiger partial charge in [0.1, 0.15) is 5.75 Å². The highest BCUT2D eigenvalue weighted by Crippen LogP contribution is 2.39. The van der Waals surface area contributed by atoms with Crippen LogP contribution in [0.4, 0.5) is 0 Å². The van der Waals surface area contributed by atoms with Crippen molar-refractivity contribution in [3.8, 4) is 5.75 Å². The van der Waals surface area contributed by atoms with Crippen molar-refractivity contribution in [3.63, 3.8) is 0 Å². The second-order valence-electron chi connectivity index (χ2n) is 5.71. The van der Waals surface area contributed by atoms with Crippen LogP contribution in [0, 0.1) is 5.41 Å². The number of alkyl halides is 1. The van der Waals surface area contributed by atoms with Gasteiger partial charge in [-0.2, -0.15) is 0 Å². The Hall–Kier alpha value is -0.250. The van der Waals surface area contributed by atoms with Crippen LogP contribution < -0.4 is 4.74 Å². The van der Waals surface area contributed by atoms with Crippen molar-refractivity contribution < 1.29 is 4.74 Å². The minimum atomic E-state index is 0.352. The van der Waals surface area contributed by atoms with Gasteiger partial charge in [0.15, 0.2) is 0 Å². The standard InChI is InChI=1S/C14H19IO/c1-14(2,3)9-10-4-5-13-11(8-10)12(15)6-7-16-13/h4-5,8,12H,6-7,9H2,1-3H3. The van der Waals surface area contributed by atoms with Crippen molar-refractivity contribution in [2.24, 2.45) is 5.41 Å². The number of halogens is 1. The number of fused-ring (bicyclic) bond motifs is 1. The first kappa shape index (κ1) is 12.2. The molecule has 1 atom stereocenters. The first-order valence-electron chi connectivity index (χ1n) is 5.85. The molecule has 1 aliphatic rings. The van der Waals surface area contributed by atoms with Crippen LogP contribution in [0.25, 0.3) is 0 Å². The topological polar surface area (TPSA) is 9.23 Å². The van der Waals surface area contributed by atoms with Gasteiger partial charge in [0.25, 0.3) is 0 Å². The summed E-state index contributed by atoms with van der Waals surface area (Å²) in [4.78, 5) is 0. The predicted octanol–water partition coefficient (Wildman–Crippen LogP) is 4.53. The van der Waals surface area contributed by atoms with E-state index in [4.69, 9.17) is 4.74 Å². The van der Waals surface area contributed by atoms with Gasteiger partial charge in [-0.25, -0.2) is 0 Å². The smallest absolute Gasteiger partial charge is 0.123 e. The number of hydrogen-bond donors (Lipinski definition) is 0. The van der Waals surface area contributed by atoms with E-state index in [2.05, 4.69) is 61.6 Å². The lowest BCUT2D eigenvalue weighted by Crippen LogP contribution is -2.13. The second kappa shape index (κ2) is 4.55. The van der Waals surface area contributed by atoms with Crippen molar-refractivity contribution in [1.29, 1.82) is 0 Å². The summed E-state index contributed by atoms with van der Waals surface area (Å²) < 4.78 is 6.29. The largest absolute Gasteiger partial charge is 0.493 e. The fraction of sp³-hybridized carbons (Fsp3) is 0.571. The third-order valence-corrected chi connectivity index (χ3v) is 4.07. The van der Waals surface area contributed by atoms with E-state index < -0.39 is 0 Å². The van der Waals surface area contributed by atoms with Crippen LogP contribution in [-0.2, 0) is 6.42 Å². The van der Waals surface area contributed by atoms with Gasteiger partial charge in [0.2, 0.25) is 0 Å². The molecule has 1 heterocycles. The van der Waals surface area contributed by atoms with Crippen LogP contribution in [0.2, 0.25) is 0 Å². The molecule has 0 aromatic heterocycles. The number of benzene rings is 1. The van der Waals surface area contributed by atoms with Crippen molar-refractivity contribution >= 4 is 22.6 Å². The third-order valence-electron chi connectivity index (χ3n) is 2.77. The summed E-state index contributed by atoms with van der Waals surface area (Å²) in [7, 11) is 0. The normalized spacial score (nSPS) is 20.1. The van der Waals surface area contributed by atoms with Gasteiger partial charge >= 0.3 is 0 Å². The third kappa shape index (κ3) is 2.90. The maximum absolute atomic E-state index is 5.67. The molecule has 88 valence electrons. The van der Waals surface area contributed by atoms with Crippen LogP contribution in [0.15, 0.2) is 18.2 Å². The van der Waals surface area contributed by atoms with Crippen LogP contribution >= 0.6 is 22.6 Å². The molecule has 1 aromatic carbocycles. The molecular weight excluding hydrogens is 311 g/mol. The van der Waals surface area contributed by atoms with E-state index in [9.17, 15) is 0 Å². The molecule has 16 heavy (non-hydrogen) atoms. The Bertz CT molecular complexity index is 379. The first-order valence-corrected chi connectivity index (χ1v) is 7.10. The average molecular weight is 330 g/mol. The summed E-state index contributed by atoms with van der Waals surface area (Å²) >= 11 is 2.52. The SMILES string of the molecule is CC(C)(C)Cc1ccc2c(c1)C(I)CCO2. The van der Waals surface area contributed by atoms with E-state index in [0.29, 0.717) is 9.34 Å². The molecule has 1 unspecified atom stereocenters. The fourth-order valence-corrected chi connectivity index (χ4v) is 2.87. The minimum Gasteiger partial charge on any atom is -0.493 e. The lowest BCUT2D eigenvalue weighted by Gasteiger charge is -2.24. The zero-order valence-corrected chi connectivity index (χ0v) is 12.4. The van der Waals surface area contributed by atoms with Gasteiger partial charge in [-0.05, 0) is 29.9 Å². The highest BCUT2D eigenvalue weighted by atomic mass is 127. The summed E-state index contributed by atoms with van der Waals surface area (Å²) in [5.41, 5.74) is 3.16. The zero-order chi connectivity index (χ0) is 11.8. The van der Waals surface area contributed by atoms with Crippen molar-refractivity contribution in [3.05, 3.63) is 29.3 Å². The molecule has 2 rings (SSSR count). The molecule has 1 aliphatic heterocycles. The number of ether oxygens (including phenoxy) is 1. The van der Waals surface area contributed by atoms with E-state index in [1.54, 1.807) is 0 Å². The quantitative estimate of drug-likeness (QED) is 0.543. The molecule has 0 radical (unpaired) electrons. The van der Waals surface area contributed by atoms with E-state index in [1.807, 2.05) is 0 Å². The summed E-state index contributed by atoms with van der Waals surface area (Å²) in [5.74, 6) is 1.09. The van der Waals surface area contributed by atoms with E-state index in [0.717, 1.165) is 25.2 Å². The van der Waals surface area contributed by atoms with E-state index >= 15 is 0 Å². The Morgan fingerprint density at radius 1 is 1.38 bits per heavy atom. The maximum atomic E-state index is 5.67. The Balaban J connectivity index is 2.27. The molecule has 0 amide bonds. The molecule has 0 fully saturated rings. The zero-order valence-electron chi connectivity index (χ0n) is 10.2. The average Bonchev–Trinajstić information content (AvgIpc) is 2.17. The van der Waals surface area contributed by atoms with Crippen LogP contribution in [0.5, 0.6) is 5.75 Å². The lowest BCUT2D eigenvalue weighted by atomic mass is 9.87. The summed E-state index contributed by atoms with van der Waals surface area (Å²) in [6.45, 7) is 7.71. The molecule has 0 spiro atoms.